The quantitative estimate of drug-likeness (QED) is 0.670. The van der Waals surface area contributed by atoms with Crippen LogP contribution in [0.1, 0.15) is 44.9 Å². The van der Waals surface area contributed by atoms with E-state index in [-0.39, 0.29) is 6.10 Å². The van der Waals surface area contributed by atoms with E-state index in [0.717, 1.165) is 12.8 Å². The predicted octanol–water partition coefficient (Wildman–Crippen LogP) is 1.78. The number of nitrogens with zero attached hydrogens (tertiary/aromatic N) is 1. The molecule has 2 unspecified atom stereocenters. The van der Waals surface area contributed by atoms with E-state index >= 15 is 0 Å². The van der Waals surface area contributed by atoms with Gasteiger partial charge in [-0.2, -0.15) is 0 Å². The summed E-state index contributed by atoms with van der Waals surface area (Å²) in [6.07, 6.45) is 8.83. The van der Waals surface area contributed by atoms with E-state index < -0.39 is 0 Å². The standard InChI is InChI=1S/C11H21NO/c13-11-6-5-10(9-11)12-7-3-1-2-4-8-12/h10-11,13H,1-9H2. The van der Waals surface area contributed by atoms with Crippen LogP contribution in [0.2, 0.25) is 0 Å². The van der Waals surface area contributed by atoms with Gasteiger partial charge in [0, 0.05) is 6.04 Å². The van der Waals surface area contributed by atoms with Crippen LogP contribution in [0.5, 0.6) is 0 Å². The maximum atomic E-state index is 9.47. The van der Waals surface area contributed by atoms with Crippen molar-refractivity contribution < 1.29 is 5.11 Å². The average Bonchev–Trinajstić information content (AvgIpc) is 2.43. The number of hydrogen-bond acceptors (Lipinski definition) is 2. The SMILES string of the molecule is OC1CCC(N2CCCCCC2)C1. The topological polar surface area (TPSA) is 23.5 Å². The Kier molecular flexibility index (Phi) is 3.23. The van der Waals surface area contributed by atoms with Crippen molar-refractivity contribution in [2.24, 2.45) is 0 Å². The minimum atomic E-state index is -0.00625. The molecule has 0 bridgehead atoms. The van der Waals surface area contributed by atoms with Crippen molar-refractivity contribution in [1.29, 1.82) is 0 Å². The summed E-state index contributed by atoms with van der Waals surface area (Å²) in [5.41, 5.74) is 0. The molecule has 2 atom stereocenters. The molecule has 1 aliphatic carbocycles. The molecule has 13 heavy (non-hydrogen) atoms. The highest BCUT2D eigenvalue weighted by molar-refractivity contribution is 4.83. The Morgan fingerprint density at radius 2 is 1.62 bits per heavy atom. The van der Waals surface area contributed by atoms with Gasteiger partial charge < -0.3 is 10.0 Å². The first-order chi connectivity index (χ1) is 6.36. The lowest BCUT2D eigenvalue weighted by molar-refractivity contribution is 0.153. The van der Waals surface area contributed by atoms with Gasteiger partial charge in [0.1, 0.15) is 0 Å². The molecule has 0 aromatic carbocycles. The van der Waals surface area contributed by atoms with Crippen LogP contribution in [0.4, 0.5) is 0 Å². The summed E-state index contributed by atoms with van der Waals surface area (Å²) in [4.78, 5) is 2.61. The smallest absolute Gasteiger partial charge is 0.0555 e. The van der Waals surface area contributed by atoms with Gasteiger partial charge in [0.15, 0.2) is 0 Å². The predicted molar refractivity (Wildman–Crippen MR) is 53.7 cm³/mol. The van der Waals surface area contributed by atoms with Gasteiger partial charge in [0.2, 0.25) is 0 Å². The second-order valence-corrected chi connectivity index (χ2v) is 4.57. The first-order valence-corrected chi connectivity index (χ1v) is 5.78. The Morgan fingerprint density at radius 1 is 0.923 bits per heavy atom. The largest absolute Gasteiger partial charge is 0.393 e. The molecule has 0 aromatic heterocycles. The summed E-state index contributed by atoms with van der Waals surface area (Å²) in [5, 5.41) is 9.47. The summed E-state index contributed by atoms with van der Waals surface area (Å²) in [6, 6.07) is 0.702. The Balaban J connectivity index is 1.84. The third-order valence-corrected chi connectivity index (χ3v) is 3.53. The maximum absolute atomic E-state index is 9.47. The average molecular weight is 183 g/mol. The van der Waals surface area contributed by atoms with E-state index in [1.807, 2.05) is 0 Å². The van der Waals surface area contributed by atoms with E-state index in [2.05, 4.69) is 4.90 Å². The zero-order valence-electron chi connectivity index (χ0n) is 8.41. The van der Waals surface area contributed by atoms with Gasteiger partial charge >= 0.3 is 0 Å². The molecule has 1 heterocycles. The van der Waals surface area contributed by atoms with Gasteiger partial charge in [-0.15, -0.1) is 0 Å². The molecule has 2 heteroatoms. The Hall–Kier alpha value is -0.0800. The highest BCUT2D eigenvalue weighted by Gasteiger charge is 2.27. The van der Waals surface area contributed by atoms with Gasteiger partial charge in [-0.1, -0.05) is 12.8 Å². The van der Waals surface area contributed by atoms with Crippen molar-refractivity contribution in [3.63, 3.8) is 0 Å². The molecule has 0 radical (unpaired) electrons. The molecule has 1 saturated heterocycles. The first kappa shape index (κ1) is 9.47. The van der Waals surface area contributed by atoms with Crippen LogP contribution in [0, 0.1) is 0 Å². The van der Waals surface area contributed by atoms with Gasteiger partial charge in [0.25, 0.3) is 0 Å². The molecule has 1 saturated carbocycles. The second kappa shape index (κ2) is 4.43. The fourth-order valence-electron chi connectivity index (χ4n) is 2.73. The van der Waals surface area contributed by atoms with Crippen LogP contribution in [0.3, 0.4) is 0 Å². The fourth-order valence-corrected chi connectivity index (χ4v) is 2.73. The minimum Gasteiger partial charge on any atom is -0.393 e. The second-order valence-electron chi connectivity index (χ2n) is 4.57. The number of rotatable bonds is 1. The van der Waals surface area contributed by atoms with Crippen LogP contribution in [0.15, 0.2) is 0 Å². The number of hydrogen-bond donors (Lipinski definition) is 1. The lowest BCUT2D eigenvalue weighted by atomic mass is 10.2. The summed E-state index contributed by atoms with van der Waals surface area (Å²) < 4.78 is 0. The molecule has 1 N–H and O–H groups in total. The van der Waals surface area contributed by atoms with Crippen molar-refractivity contribution in [2.75, 3.05) is 13.1 Å². The molecule has 0 aromatic rings. The number of aliphatic hydroxyl groups is 1. The van der Waals surface area contributed by atoms with Crippen LogP contribution >= 0.6 is 0 Å². The highest BCUT2D eigenvalue weighted by atomic mass is 16.3. The van der Waals surface area contributed by atoms with Gasteiger partial charge in [-0.3, -0.25) is 0 Å². The van der Waals surface area contributed by atoms with Crippen LogP contribution in [-0.4, -0.2) is 35.2 Å². The summed E-state index contributed by atoms with van der Waals surface area (Å²) >= 11 is 0. The van der Waals surface area contributed by atoms with Crippen molar-refractivity contribution in [3.05, 3.63) is 0 Å². The summed E-state index contributed by atoms with van der Waals surface area (Å²) in [6.45, 7) is 2.55. The van der Waals surface area contributed by atoms with Crippen LogP contribution in [-0.2, 0) is 0 Å². The van der Waals surface area contributed by atoms with Crippen molar-refractivity contribution in [3.8, 4) is 0 Å². The Labute approximate surface area is 80.9 Å². The molecule has 1 aliphatic heterocycles. The molecule has 2 fully saturated rings. The molecule has 0 spiro atoms. The molecule has 2 aliphatic rings. The number of likely N-dealkylation sites (tertiary alicyclic amines) is 1. The van der Waals surface area contributed by atoms with Gasteiger partial charge in [-0.05, 0) is 45.2 Å². The minimum absolute atomic E-state index is 0.00625. The van der Waals surface area contributed by atoms with E-state index in [1.54, 1.807) is 0 Å². The molecule has 2 nitrogen and oxygen atoms in total. The van der Waals surface area contributed by atoms with Crippen LogP contribution in [0.25, 0.3) is 0 Å². The molecular weight excluding hydrogens is 162 g/mol. The third kappa shape index (κ3) is 2.44. The molecular formula is C11H21NO. The van der Waals surface area contributed by atoms with E-state index in [9.17, 15) is 5.11 Å². The third-order valence-electron chi connectivity index (χ3n) is 3.53. The lowest BCUT2D eigenvalue weighted by Crippen LogP contribution is -2.34. The fraction of sp³-hybridized carbons (Fsp3) is 1.00. The van der Waals surface area contributed by atoms with Crippen molar-refractivity contribution in [1.82, 2.24) is 4.90 Å². The Morgan fingerprint density at radius 3 is 2.15 bits per heavy atom. The normalized spacial score (nSPS) is 37.6. The van der Waals surface area contributed by atoms with Crippen LogP contribution < -0.4 is 0 Å². The maximum Gasteiger partial charge on any atom is 0.0555 e. The summed E-state index contributed by atoms with van der Waals surface area (Å²) in [7, 11) is 0. The molecule has 76 valence electrons. The summed E-state index contributed by atoms with van der Waals surface area (Å²) in [5.74, 6) is 0. The zero-order valence-corrected chi connectivity index (χ0v) is 8.41. The molecule has 0 amide bonds. The molecule has 2 rings (SSSR count). The van der Waals surface area contributed by atoms with E-state index in [0.29, 0.717) is 6.04 Å². The van der Waals surface area contributed by atoms with Crippen molar-refractivity contribution in [2.45, 2.75) is 57.1 Å². The Bertz CT molecular complexity index is 152. The van der Waals surface area contributed by atoms with E-state index in [4.69, 9.17) is 0 Å². The zero-order chi connectivity index (χ0) is 9.10. The lowest BCUT2D eigenvalue weighted by Gasteiger charge is -2.26. The van der Waals surface area contributed by atoms with Gasteiger partial charge in [-0.25, -0.2) is 0 Å². The van der Waals surface area contributed by atoms with Gasteiger partial charge in [0.05, 0.1) is 6.10 Å². The van der Waals surface area contributed by atoms with Crippen molar-refractivity contribution >= 4 is 0 Å². The highest BCUT2D eigenvalue weighted by Crippen LogP contribution is 2.26. The monoisotopic (exact) mass is 183 g/mol. The number of aliphatic hydroxyl groups excluding tert-OH is 1. The van der Waals surface area contributed by atoms with E-state index in [1.165, 1.54) is 45.2 Å². The first-order valence-electron chi connectivity index (χ1n) is 5.78.